The zero-order valence-electron chi connectivity index (χ0n) is 13.5. The molecule has 24 heavy (non-hydrogen) atoms. The van der Waals surface area contributed by atoms with Gasteiger partial charge in [0.2, 0.25) is 0 Å². The first-order valence-electron chi connectivity index (χ1n) is 7.62. The number of carbonyl (C=O) groups excluding carboxylic acids is 2. The van der Waals surface area contributed by atoms with Gasteiger partial charge in [0.25, 0.3) is 0 Å². The Hall–Kier alpha value is -2.38. The van der Waals surface area contributed by atoms with Crippen LogP contribution in [0.3, 0.4) is 0 Å². The molecule has 132 valence electrons. The fourth-order valence-electron chi connectivity index (χ4n) is 1.96. The van der Waals surface area contributed by atoms with Gasteiger partial charge in [-0.2, -0.15) is 18.3 Å². The van der Waals surface area contributed by atoms with E-state index < -0.39 is 23.6 Å². The molecular weight excluding hydrogens is 323 g/mol. The van der Waals surface area contributed by atoms with E-state index in [-0.39, 0.29) is 5.69 Å². The quantitative estimate of drug-likeness (QED) is 0.469. The van der Waals surface area contributed by atoms with Crippen molar-refractivity contribution in [2.24, 2.45) is 5.10 Å². The summed E-state index contributed by atoms with van der Waals surface area (Å²) < 4.78 is 37.8. The maximum absolute atomic E-state index is 12.6. The van der Waals surface area contributed by atoms with E-state index in [1.807, 2.05) is 13.8 Å². The highest BCUT2D eigenvalue weighted by Crippen LogP contribution is 2.30. The van der Waals surface area contributed by atoms with Gasteiger partial charge in [0, 0.05) is 11.4 Å². The fraction of sp³-hybridized carbons (Fsp3) is 0.438. The molecule has 0 aliphatic rings. The van der Waals surface area contributed by atoms with E-state index in [0.717, 1.165) is 36.8 Å². The molecule has 0 aliphatic heterocycles. The van der Waals surface area contributed by atoms with Gasteiger partial charge in [0.1, 0.15) is 0 Å². The molecule has 2 amide bonds. The molecule has 0 atom stereocenters. The second kappa shape index (κ2) is 9.05. The highest BCUT2D eigenvalue weighted by Gasteiger charge is 2.30. The molecule has 0 aliphatic carbocycles. The standard InChI is InChI=1S/C16H20F3N3O2/c1-3-6-12(7-4-2)21-22-15(24)14(23)20-13-9-5-8-11(10-13)16(17,18)19/h5,8-10H,3-4,6-7H2,1-2H3,(H,20,23)(H,22,24). The van der Waals surface area contributed by atoms with Crippen LogP contribution >= 0.6 is 0 Å². The van der Waals surface area contributed by atoms with Gasteiger partial charge in [-0.1, -0.05) is 32.8 Å². The molecule has 1 aromatic rings. The number of amides is 2. The van der Waals surface area contributed by atoms with Crippen LogP contribution in [-0.2, 0) is 15.8 Å². The average molecular weight is 343 g/mol. The minimum atomic E-state index is -4.53. The van der Waals surface area contributed by atoms with Gasteiger partial charge in [-0.25, -0.2) is 5.43 Å². The highest BCUT2D eigenvalue weighted by atomic mass is 19.4. The van der Waals surface area contributed by atoms with Gasteiger partial charge >= 0.3 is 18.0 Å². The van der Waals surface area contributed by atoms with Crippen LogP contribution < -0.4 is 10.7 Å². The van der Waals surface area contributed by atoms with Crippen molar-refractivity contribution in [3.05, 3.63) is 29.8 Å². The molecule has 0 fully saturated rings. The van der Waals surface area contributed by atoms with Crippen LogP contribution in [0.15, 0.2) is 29.4 Å². The lowest BCUT2D eigenvalue weighted by molar-refractivity contribution is -0.137. The molecule has 0 aromatic heterocycles. The first-order valence-corrected chi connectivity index (χ1v) is 7.62. The number of carbonyl (C=O) groups is 2. The van der Waals surface area contributed by atoms with Crippen molar-refractivity contribution < 1.29 is 22.8 Å². The Morgan fingerprint density at radius 1 is 1.08 bits per heavy atom. The van der Waals surface area contributed by atoms with Crippen molar-refractivity contribution in [2.75, 3.05) is 5.32 Å². The Kier molecular flexibility index (Phi) is 7.41. The van der Waals surface area contributed by atoms with Crippen molar-refractivity contribution in [1.82, 2.24) is 5.43 Å². The summed E-state index contributed by atoms with van der Waals surface area (Å²) in [6, 6.07) is 4.05. The number of anilines is 1. The molecule has 1 aromatic carbocycles. The molecule has 0 spiro atoms. The van der Waals surface area contributed by atoms with Crippen molar-refractivity contribution in [2.45, 2.75) is 45.7 Å². The molecule has 2 N–H and O–H groups in total. The number of benzene rings is 1. The molecule has 0 saturated heterocycles. The van der Waals surface area contributed by atoms with Crippen LogP contribution in [0.5, 0.6) is 0 Å². The Bertz CT molecular complexity index is 605. The molecule has 5 nitrogen and oxygen atoms in total. The topological polar surface area (TPSA) is 70.6 Å². The highest BCUT2D eigenvalue weighted by molar-refractivity contribution is 6.39. The van der Waals surface area contributed by atoms with Crippen molar-refractivity contribution in [3.63, 3.8) is 0 Å². The summed E-state index contributed by atoms with van der Waals surface area (Å²) in [7, 11) is 0. The summed E-state index contributed by atoms with van der Waals surface area (Å²) in [4.78, 5) is 23.4. The number of halogens is 3. The lowest BCUT2D eigenvalue weighted by atomic mass is 10.1. The monoisotopic (exact) mass is 343 g/mol. The second-order valence-electron chi connectivity index (χ2n) is 5.15. The zero-order valence-corrected chi connectivity index (χ0v) is 13.5. The van der Waals surface area contributed by atoms with Gasteiger partial charge < -0.3 is 5.32 Å². The minimum absolute atomic E-state index is 0.115. The molecular formula is C16H20F3N3O2. The zero-order chi connectivity index (χ0) is 18.2. The summed E-state index contributed by atoms with van der Waals surface area (Å²) in [5.41, 5.74) is 1.87. The summed E-state index contributed by atoms with van der Waals surface area (Å²) in [6.07, 6.45) is -1.43. The van der Waals surface area contributed by atoms with E-state index in [2.05, 4.69) is 15.8 Å². The summed E-state index contributed by atoms with van der Waals surface area (Å²) in [5.74, 6) is -2.11. The number of hydrogen-bond acceptors (Lipinski definition) is 3. The van der Waals surface area contributed by atoms with Gasteiger partial charge in [0.15, 0.2) is 0 Å². The third-order valence-electron chi connectivity index (χ3n) is 3.05. The van der Waals surface area contributed by atoms with Crippen LogP contribution in [0.25, 0.3) is 0 Å². The summed E-state index contributed by atoms with van der Waals surface area (Å²) in [5, 5.41) is 6.02. The molecule has 0 saturated carbocycles. The maximum Gasteiger partial charge on any atom is 0.416 e. The normalized spacial score (nSPS) is 10.9. The molecule has 0 heterocycles. The molecule has 8 heteroatoms. The minimum Gasteiger partial charge on any atom is -0.318 e. The Labute approximate surface area is 138 Å². The van der Waals surface area contributed by atoms with E-state index in [0.29, 0.717) is 12.8 Å². The van der Waals surface area contributed by atoms with Crippen LogP contribution in [-0.4, -0.2) is 17.5 Å². The number of hydrogen-bond donors (Lipinski definition) is 2. The third kappa shape index (κ3) is 6.39. The Balaban J connectivity index is 2.70. The average Bonchev–Trinajstić information content (AvgIpc) is 2.52. The largest absolute Gasteiger partial charge is 0.416 e. The Morgan fingerprint density at radius 3 is 2.25 bits per heavy atom. The molecule has 0 unspecified atom stereocenters. The smallest absolute Gasteiger partial charge is 0.318 e. The summed E-state index contributed by atoms with van der Waals surface area (Å²) >= 11 is 0. The molecule has 0 radical (unpaired) electrons. The summed E-state index contributed by atoms with van der Waals surface area (Å²) in [6.45, 7) is 3.93. The van der Waals surface area contributed by atoms with Gasteiger partial charge in [-0.3, -0.25) is 9.59 Å². The van der Waals surface area contributed by atoms with Crippen LogP contribution in [0.1, 0.15) is 45.1 Å². The van der Waals surface area contributed by atoms with E-state index in [9.17, 15) is 22.8 Å². The van der Waals surface area contributed by atoms with E-state index >= 15 is 0 Å². The van der Waals surface area contributed by atoms with Crippen molar-refractivity contribution in [1.29, 1.82) is 0 Å². The number of hydrazone groups is 1. The lowest BCUT2D eigenvalue weighted by Gasteiger charge is -2.09. The van der Waals surface area contributed by atoms with Crippen LogP contribution in [0.4, 0.5) is 18.9 Å². The number of rotatable bonds is 6. The van der Waals surface area contributed by atoms with Crippen LogP contribution in [0.2, 0.25) is 0 Å². The SMILES string of the molecule is CCCC(CCC)=NNC(=O)C(=O)Nc1cccc(C(F)(F)F)c1. The number of nitrogens with one attached hydrogen (secondary N) is 2. The number of nitrogens with zero attached hydrogens (tertiary/aromatic N) is 1. The van der Waals surface area contributed by atoms with Gasteiger partial charge in [-0.05, 0) is 31.0 Å². The maximum atomic E-state index is 12.6. The van der Waals surface area contributed by atoms with E-state index in [1.165, 1.54) is 6.07 Å². The van der Waals surface area contributed by atoms with Gasteiger partial charge in [0.05, 0.1) is 5.56 Å². The predicted octanol–water partition coefficient (Wildman–Crippen LogP) is 3.72. The Morgan fingerprint density at radius 2 is 1.71 bits per heavy atom. The van der Waals surface area contributed by atoms with Gasteiger partial charge in [-0.15, -0.1) is 0 Å². The fourth-order valence-corrected chi connectivity index (χ4v) is 1.96. The van der Waals surface area contributed by atoms with Crippen molar-refractivity contribution in [3.8, 4) is 0 Å². The van der Waals surface area contributed by atoms with Crippen molar-refractivity contribution >= 4 is 23.2 Å². The second-order valence-corrected chi connectivity index (χ2v) is 5.15. The van der Waals surface area contributed by atoms with E-state index in [4.69, 9.17) is 0 Å². The third-order valence-corrected chi connectivity index (χ3v) is 3.05. The number of alkyl halides is 3. The predicted molar refractivity (Wildman–Crippen MR) is 85.5 cm³/mol. The molecule has 0 bridgehead atoms. The van der Waals surface area contributed by atoms with E-state index in [1.54, 1.807) is 0 Å². The first kappa shape index (κ1) is 19.7. The lowest BCUT2D eigenvalue weighted by Crippen LogP contribution is -2.33. The molecule has 1 rings (SSSR count). The van der Waals surface area contributed by atoms with Crippen LogP contribution in [0, 0.1) is 0 Å². The first-order chi connectivity index (χ1) is 11.3.